The molecule has 158 valence electrons. The van der Waals surface area contributed by atoms with E-state index in [9.17, 15) is 9.59 Å². The summed E-state index contributed by atoms with van der Waals surface area (Å²) < 4.78 is 2.03. The number of aromatic nitrogens is 3. The second kappa shape index (κ2) is 8.19. The van der Waals surface area contributed by atoms with Crippen LogP contribution in [-0.2, 0) is 31.2 Å². The van der Waals surface area contributed by atoms with Crippen molar-refractivity contribution in [1.29, 1.82) is 0 Å². The van der Waals surface area contributed by atoms with Crippen LogP contribution in [0.1, 0.15) is 30.7 Å². The summed E-state index contributed by atoms with van der Waals surface area (Å²) in [5, 5.41) is 16.0. The summed E-state index contributed by atoms with van der Waals surface area (Å²) >= 11 is 0. The molecule has 9 nitrogen and oxygen atoms in total. The lowest BCUT2D eigenvalue weighted by Gasteiger charge is -2.27. The lowest BCUT2D eigenvalue weighted by atomic mass is 10.1. The maximum atomic E-state index is 12.7. The number of hydrazine groups is 1. The minimum Gasteiger partial charge on any atom is -0.350 e. The summed E-state index contributed by atoms with van der Waals surface area (Å²) in [6.07, 6.45) is 2.97. The highest BCUT2D eigenvalue weighted by Crippen LogP contribution is 2.24. The largest absolute Gasteiger partial charge is 0.350 e. The Balaban J connectivity index is 1.43. The number of nitrogens with one attached hydrogen (secondary N) is 4. The topological polar surface area (TPSA) is 107 Å². The zero-order chi connectivity index (χ0) is 21.3. The fourth-order valence-electron chi connectivity index (χ4n) is 3.85. The smallest absolute Gasteiger partial charge is 0.329 e. The Bertz CT molecular complexity index is 1080. The van der Waals surface area contributed by atoms with Crippen molar-refractivity contribution in [3.63, 3.8) is 0 Å². The van der Waals surface area contributed by atoms with Crippen LogP contribution in [0.4, 0.5) is 10.6 Å². The molecule has 1 aliphatic heterocycles. The lowest BCUT2D eigenvalue weighted by Crippen LogP contribution is -2.50. The Hall–Kier alpha value is -3.33. The van der Waals surface area contributed by atoms with Crippen LogP contribution in [0, 0.1) is 0 Å². The predicted molar refractivity (Wildman–Crippen MR) is 115 cm³/mol. The van der Waals surface area contributed by atoms with Crippen LogP contribution in [0.15, 0.2) is 30.5 Å². The Morgan fingerprint density at radius 1 is 1.27 bits per heavy atom. The average Bonchev–Trinajstić information content (AvgIpc) is 3.22. The van der Waals surface area contributed by atoms with E-state index in [4.69, 9.17) is 0 Å². The minimum atomic E-state index is -0.238. The number of para-hydroxylation sites is 1. The molecule has 3 aromatic rings. The molecular formula is C21H27N7O2. The van der Waals surface area contributed by atoms with Gasteiger partial charge >= 0.3 is 6.03 Å². The Morgan fingerprint density at radius 2 is 2.07 bits per heavy atom. The number of urea groups is 1. The molecule has 0 bridgehead atoms. The fourth-order valence-corrected chi connectivity index (χ4v) is 3.85. The van der Waals surface area contributed by atoms with Crippen molar-refractivity contribution in [2.24, 2.45) is 7.05 Å². The normalized spacial score (nSPS) is 14.0. The van der Waals surface area contributed by atoms with E-state index in [0.717, 1.165) is 27.7 Å². The van der Waals surface area contributed by atoms with E-state index in [1.165, 1.54) is 0 Å². The van der Waals surface area contributed by atoms with Gasteiger partial charge in [-0.05, 0) is 25.5 Å². The van der Waals surface area contributed by atoms with E-state index >= 15 is 0 Å². The molecule has 4 rings (SSSR count). The van der Waals surface area contributed by atoms with Crippen molar-refractivity contribution in [3.05, 3.63) is 47.3 Å². The number of aromatic amines is 1. The molecule has 0 fully saturated rings. The standard InChI is InChI=1S/C21H27N7O2/c1-13(2)22-21(30)26-28-9-8-17-16(12-28)20(25-24-17)23-19(29)10-14-11-27(3)18-7-5-4-6-15(14)18/h4-7,11,13H,8-10,12H2,1-3H3,(H2,22,26,30)(H2,23,24,25,29). The van der Waals surface area contributed by atoms with E-state index in [2.05, 4.69) is 26.3 Å². The molecule has 0 atom stereocenters. The lowest BCUT2D eigenvalue weighted by molar-refractivity contribution is -0.115. The molecular weight excluding hydrogens is 382 g/mol. The number of carbonyl (C=O) groups is 2. The quantitative estimate of drug-likeness (QED) is 0.517. The summed E-state index contributed by atoms with van der Waals surface area (Å²) in [7, 11) is 1.98. The van der Waals surface area contributed by atoms with Crippen LogP contribution in [0.3, 0.4) is 0 Å². The molecule has 1 aromatic carbocycles. The molecule has 2 aromatic heterocycles. The van der Waals surface area contributed by atoms with E-state index in [-0.39, 0.29) is 24.4 Å². The number of fused-ring (bicyclic) bond motifs is 2. The van der Waals surface area contributed by atoms with Crippen LogP contribution < -0.4 is 16.1 Å². The molecule has 0 spiro atoms. The van der Waals surface area contributed by atoms with Crippen LogP contribution >= 0.6 is 0 Å². The number of H-pyrrole nitrogens is 1. The van der Waals surface area contributed by atoms with Gasteiger partial charge in [0, 0.05) is 61.0 Å². The number of nitrogens with zero attached hydrogens (tertiary/aromatic N) is 3. The molecule has 0 aliphatic carbocycles. The van der Waals surface area contributed by atoms with Crippen molar-refractivity contribution in [2.75, 3.05) is 11.9 Å². The minimum absolute atomic E-state index is 0.0585. The number of carbonyl (C=O) groups excluding carboxylic acids is 2. The maximum absolute atomic E-state index is 12.7. The van der Waals surface area contributed by atoms with Crippen LogP contribution in [0.25, 0.3) is 10.9 Å². The molecule has 30 heavy (non-hydrogen) atoms. The number of hydrogen-bond acceptors (Lipinski definition) is 4. The average molecular weight is 409 g/mol. The van der Waals surface area contributed by atoms with Gasteiger partial charge in [0.25, 0.3) is 0 Å². The van der Waals surface area contributed by atoms with E-state index in [1.807, 2.05) is 60.9 Å². The molecule has 0 radical (unpaired) electrons. The highest BCUT2D eigenvalue weighted by Gasteiger charge is 2.24. The molecule has 3 amide bonds. The van der Waals surface area contributed by atoms with Gasteiger partial charge in [-0.2, -0.15) is 5.10 Å². The molecule has 9 heteroatoms. The summed E-state index contributed by atoms with van der Waals surface area (Å²) in [6.45, 7) is 4.96. The number of benzene rings is 1. The van der Waals surface area contributed by atoms with Crippen molar-refractivity contribution >= 4 is 28.7 Å². The predicted octanol–water partition coefficient (Wildman–Crippen LogP) is 2.06. The first-order valence-electron chi connectivity index (χ1n) is 10.1. The third-order valence-electron chi connectivity index (χ3n) is 5.20. The zero-order valence-corrected chi connectivity index (χ0v) is 17.5. The third-order valence-corrected chi connectivity index (χ3v) is 5.20. The first-order valence-corrected chi connectivity index (χ1v) is 10.1. The number of hydrogen-bond donors (Lipinski definition) is 4. The summed E-state index contributed by atoms with van der Waals surface area (Å²) in [5.41, 5.74) is 6.81. The highest BCUT2D eigenvalue weighted by atomic mass is 16.2. The summed E-state index contributed by atoms with van der Waals surface area (Å²) in [5.74, 6) is 0.397. The molecule has 0 unspecified atom stereocenters. The first kappa shape index (κ1) is 20.0. The van der Waals surface area contributed by atoms with Gasteiger partial charge in [0.1, 0.15) is 0 Å². The number of amides is 3. The van der Waals surface area contributed by atoms with E-state index in [1.54, 1.807) is 0 Å². The van der Waals surface area contributed by atoms with Gasteiger partial charge in [-0.1, -0.05) is 18.2 Å². The van der Waals surface area contributed by atoms with Gasteiger partial charge in [0.05, 0.1) is 6.42 Å². The summed E-state index contributed by atoms with van der Waals surface area (Å²) in [4.78, 5) is 24.7. The van der Waals surface area contributed by atoms with Crippen molar-refractivity contribution < 1.29 is 9.59 Å². The fraction of sp³-hybridized carbons (Fsp3) is 0.381. The molecule has 4 N–H and O–H groups in total. The van der Waals surface area contributed by atoms with Gasteiger partial charge in [-0.15, -0.1) is 0 Å². The van der Waals surface area contributed by atoms with Crippen molar-refractivity contribution in [2.45, 2.75) is 39.3 Å². The highest BCUT2D eigenvalue weighted by molar-refractivity contribution is 5.95. The van der Waals surface area contributed by atoms with E-state index in [0.29, 0.717) is 25.3 Å². The van der Waals surface area contributed by atoms with E-state index < -0.39 is 0 Å². The van der Waals surface area contributed by atoms with Gasteiger partial charge in [-0.25, -0.2) is 9.80 Å². The molecule has 3 heterocycles. The van der Waals surface area contributed by atoms with Gasteiger partial charge in [-0.3, -0.25) is 15.3 Å². The van der Waals surface area contributed by atoms with Crippen LogP contribution in [-0.4, -0.2) is 44.3 Å². The third kappa shape index (κ3) is 4.16. The maximum Gasteiger partial charge on any atom is 0.329 e. The number of anilines is 1. The first-order chi connectivity index (χ1) is 14.4. The SMILES string of the molecule is CC(C)NC(=O)NN1CCc2[nH]nc(NC(=O)Cc3cn(C)c4ccccc34)c2C1. The second-order valence-electron chi connectivity index (χ2n) is 7.95. The molecule has 1 aliphatic rings. The Morgan fingerprint density at radius 3 is 2.87 bits per heavy atom. The summed E-state index contributed by atoms with van der Waals surface area (Å²) in [6, 6.07) is 7.85. The Labute approximate surface area is 174 Å². The van der Waals surface area contributed by atoms with Gasteiger partial charge in [0.2, 0.25) is 5.91 Å². The molecule has 0 saturated heterocycles. The zero-order valence-electron chi connectivity index (χ0n) is 17.5. The van der Waals surface area contributed by atoms with Gasteiger partial charge in [0.15, 0.2) is 5.82 Å². The van der Waals surface area contributed by atoms with Gasteiger partial charge < -0.3 is 15.2 Å². The number of rotatable bonds is 5. The van der Waals surface area contributed by atoms with Crippen molar-refractivity contribution in [3.8, 4) is 0 Å². The number of aryl methyl sites for hydroxylation is 1. The molecule has 0 saturated carbocycles. The second-order valence-corrected chi connectivity index (χ2v) is 7.95. The Kier molecular flexibility index (Phi) is 5.45. The van der Waals surface area contributed by atoms with Crippen molar-refractivity contribution in [1.82, 2.24) is 30.5 Å². The van der Waals surface area contributed by atoms with Crippen LogP contribution in [0.2, 0.25) is 0 Å². The monoisotopic (exact) mass is 409 g/mol. The van der Waals surface area contributed by atoms with Crippen LogP contribution in [0.5, 0.6) is 0 Å².